The highest BCUT2D eigenvalue weighted by Gasteiger charge is 2.06. The highest BCUT2D eigenvalue weighted by molar-refractivity contribution is 6.41. The van der Waals surface area contributed by atoms with Crippen LogP contribution in [-0.4, -0.2) is 10.9 Å². The molecular formula is C5H4Cl2N2O. The smallest absolute Gasteiger partial charge is 0.265 e. The summed E-state index contributed by atoms with van der Waals surface area (Å²) in [6.45, 7) is 0. The van der Waals surface area contributed by atoms with E-state index in [0.29, 0.717) is 5.02 Å². The number of nitrogens with one attached hydrogen (secondary N) is 1. The van der Waals surface area contributed by atoms with Crippen LogP contribution in [0.4, 0.5) is 0 Å². The Morgan fingerprint density at radius 1 is 1.60 bits per heavy atom. The van der Waals surface area contributed by atoms with Gasteiger partial charge in [0.1, 0.15) is 10.8 Å². The highest BCUT2D eigenvalue weighted by Crippen LogP contribution is 2.21. The van der Waals surface area contributed by atoms with Crippen LogP contribution in [0.15, 0.2) is 6.07 Å². The molecule has 3 N–H and O–H groups in total. The molecule has 1 aromatic heterocycles. The molecule has 0 bridgehead atoms. The van der Waals surface area contributed by atoms with Gasteiger partial charge < -0.3 is 10.7 Å². The van der Waals surface area contributed by atoms with Gasteiger partial charge in [0.25, 0.3) is 5.91 Å². The van der Waals surface area contributed by atoms with Crippen molar-refractivity contribution in [1.29, 1.82) is 0 Å². The molecule has 5 heteroatoms. The normalized spacial score (nSPS) is 9.80. The van der Waals surface area contributed by atoms with Crippen molar-refractivity contribution in [2.24, 2.45) is 5.73 Å². The van der Waals surface area contributed by atoms with Crippen LogP contribution in [-0.2, 0) is 0 Å². The van der Waals surface area contributed by atoms with Crippen LogP contribution in [0.2, 0.25) is 10.2 Å². The second-order valence-corrected chi connectivity index (χ2v) is 2.49. The van der Waals surface area contributed by atoms with Gasteiger partial charge in [-0.05, 0) is 6.07 Å². The number of H-pyrrole nitrogens is 1. The van der Waals surface area contributed by atoms with E-state index in [0.717, 1.165) is 0 Å². The molecule has 0 atom stereocenters. The number of aromatic nitrogens is 1. The third kappa shape index (κ3) is 1.25. The first-order valence-electron chi connectivity index (χ1n) is 2.45. The van der Waals surface area contributed by atoms with Crippen molar-refractivity contribution in [2.45, 2.75) is 0 Å². The van der Waals surface area contributed by atoms with Gasteiger partial charge in [-0.1, -0.05) is 23.2 Å². The van der Waals surface area contributed by atoms with Crippen LogP contribution in [0, 0.1) is 0 Å². The van der Waals surface area contributed by atoms with Crippen LogP contribution in [0.25, 0.3) is 0 Å². The van der Waals surface area contributed by atoms with Gasteiger partial charge in [-0.25, -0.2) is 0 Å². The summed E-state index contributed by atoms with van der Waals surface area (Å²) in [6, 6.07) is 1.38. The van der Waals surface area contributed by atoms with E-state index in [2.05, 4.69) is 4.98 Å². The average molecular weight is 179 g/mol. The summed E-state index contributed by atoms with van der Waals surface area (Å²) in [5, 5.41) is 0.533. The zero-order valence-electron chi connectivity index (χ0n) is 4.82. The second-order valence-electron chi connectivity index (χ2n) is 1.71. The minimum atomic E-state index is -0.575. The molecule has 0 aliphatic rings. The summed E-state index contributed by atoms with van der Waals surface area (Å²) in [4.78, 5) is 12.9. The van der Waals surface area contributed by atoms with Crippen molar-refractivity contribution in [1.82, 2.24) is 4.98 Å². The largest absolute Gasteiger partial charge is 0.364 e. The molecular weight excluding hydrogens is 175 g/mol. The summed E-state index contributed by atoms with van der Waals surface area (Å²) < 4.78 is 0. The Balaban J connectivity index is 3.10. The molecule has 0 unspecified atom stereocenters. The number of nitrogens with two attached hydrogens (primary N) is 1. The minimum absolute atomic E-state index is 0.218. The SMILES string of the molecule is NC(=O)c1cc(Cl)c(Cl)[nH]1. The van der Waals surface area contributed by atoms with Crippen LogP contribution in [0.1, 0.15) is 10.5 Å². The number of hydrogen-bond donors (Lipinski definition) is 2. The lowest BCUT2D eigenvalue weighted by atomic mass is 10.4. The van der Waals surface area contributed by atoms with Gasteiger partial charge in [-0.2, -0.15) is 0 Å². The predicted molar refractivity (Wildman–Crippen MR) is 39.3 cm³/mol. The number of carbonyl (C=O) groups is 1. The monoisotopic (exact) mass is 178 g/mol. The zero-order valence-corrected chi connectivity index (χ0v) is 6.33. The molecule has 1 heterocycles. The Kier molecular flexibility index (Phi) is 1.87. The summed E-state index contributed by atoms with van der Waals surface area (Å²) in [6.07, 6.45) is 0. The molecule has 0 aliphatic heterocycles. The van der Waals surface area contributed by atoms with Crippen molar-refractivity contribution < 1.29 is 4.79 Å². The van der Waals surface area contributed by atoms with Crippen molar-refractivity contribution >= 4 is 29.1 Å². The molecule has 1 rings (SSSR count). The topological polar surface area (TPSA) is 58.9 Å². The maximum atomic E-state index is 10.4. The van der Waals surface area contributed by atoms with E-state index >= 15 is 0 Å². The van der Waals surface area contributed by atoms with Crippen molar-refractivity contribution in [3.8, 4) is 0 Å². The van der Waals surface area contributed by atoms with Gasteiger partial charge in [0.2, 0.25) is 0 Å². The first-order valence-corrected chi connectivity index (χ1v) is 3.20. The van der Waals surface area contributed by atoms with Crippen LogP contribution in [0.5, 0.6) is 0 Å². The van der Waals surface area contributed by atoms with Gasteiger partial charge in [0, 0.05) is 0 Å². The average Bonchev–Trinajstić information content (AvgIpc) is 2.13. The zero-order chi connectivity index (χ0) is 7.72. The molecule has 0 aliphatic carbocycles. The summed E-state index contributed by atoms with van der Waals surface area (Å²) in [7, 11) is 0. The summed E-state index contributed by atoms with van der Waals surface area (Å²) in [5.74, 6) is -0.575. The second kappa shape index (κ2) is 2.52. The van der Waals surface area contributed by atoms with E-state index in [9.17, 15) is 4.79 Å². The summed E-state index contributed by atoms with van der Waals surface area (Å²) in [5.41, 5.74) is 5.13. The number of primary amides is 1. The Bertz CT molecular complexity index is 249. The van der Waals surface area contributed by atoms with E-state index in [1.807, 2.05) is 0 Å². The lowest BCUT2D eigenvalue weighted by Gasteiger charge is -1.83. The number of rotatable bonds is 1. The Morgan fingerprint density at radius 3 is 2.40 bits per heavy atom. The van der Waals surface area contributed by atoms with E-state index < -0.39 is 5.91 Å². The highest BCUT2D eigenvalue weighted by atomic mass is 35.5. The standard InChI is InChI=1S/C5H4Cl2N2O/c6-2-1-3(5(8)10)9-4(2)7/h1,9H,(H2,8,10). The number of amides is 1. The number of halogens is 2. The molecule has 0 fully saturated rings. The molecule has 0 spiro atoms. The number of hydrogen-bond acceptors (Lipinski definition) is 1. The van der Waals surface area contributed by atoms with Crippen LogP contribution in [0.3, 0.4) is 0 Å². The Morgan fingerprint density at radius 2 is 2.20 bits per heavy atom. The Labute approximate surface area is 67.1 Å². The van der Waals surface area contributed by atoms with Gasteiger partial charge in [-0.15, -0.1) is 0 Å². The lowest BCUT2D eigenvalue weighted by Crippen LogP contribution is -2.10. The molecule has 1 amide bonds. The minimum Gasteiger partial charge on any atom is -0.364 e. The molecule has 1 aromatic rings. The van der Waals surface area contributed by atoms with Crippen LogP contribution < -0.4 is 5.73 Å². The van der Waals surface area contributed by atoms with Gasteiger partial charge in [0.05, 0.1) is 5.02 Å². The molecule has 0 radical (unpaired) electrons. The van der Waals surface area contributed by atoms with Crippen molar-refractivity contribution in [3.05, 3.63) is 21.9 Å². The first kappa shape index (κ1) is 7.44. The number of aromatic amines is 1. The van der Waals surface area contributed by atoms with Crippen LogP contribution >= 0.6 is 23.2 Å². The van der Waals surface area contributed by atoms with E-state index in [4.69, 9.17) is 28.9 Å². The Hall–Kier alpha value is -0.670. The van der Waals surface area contributed by atoms with E-state index in [-0.39, 0.29) is 10.8 Å². The fourth-order valence-electron chi connectivity index (χ4n) is 0.537. The number of carbonyl (C=O) groups excluding carboxylic acids is 1. The summed E-state index contributed by atoms with van der Waals surface area (Å²) >= 11 is 11.0. The van der Waals surface area contributed by atoms with Crippen molar-refractivity contribution in [3.63, 3.8) is 0 Å². The predicted octanol–water partition coefficient (Wildman–Crippen LogP) is 1.42. The maximum Gasteiger partial charge on any atom is 0.265 e. The third-order valence-electron chi connectivity index (χ3n) is 0.991. The van der Waals surface area contributed by atoms with Gasteiger partial charge in [0.15, 0.2) is 0 Å². The molecule has 0 saturated carbocycles. The molecule has 0 saturated heterocycles. The molecule has 54 valence electrons. The fourth-order valence-corrected chi connectivity index (χ4v) is 0.850. The first-order chi connectivity index (χ1) is 4.61. The lowest BCUT2D eigenvalue weighted by molar-refractivity contribution is 0.0996. The van der Waals surface area contributed by atoms with Gasteiger partial charge >= 0.3 is 0 Å². The van der Waals surface area contributed by atoms with Crippen molar-refractivity contribution in [2.75, 3.05) is 0 Å². The third-order valence-corrected chi connectivity index (χ3v) is 1.68. The van der Waals surface area contributed by atoms with E-state index in [1.165, 1.54) is 6.07 Å². The molecule has 10 heavy (non-hydrogen) atoms. The fraction of sp³-hybridized carbons (Fsp3) is 0. The van der Waals surface area contributed by atoms with E-state index in [1.54, 1.807) is 0 Å². The molecule has 3 nitrogen and oxygen atoms in total. The molecule has 0 aromatic carbocycles. The quantitative estimate of drug-likeness (QED) is 0.672. The van der Waals surface area contributed by atoms with Gasteiger partial charge in [-0.3, -0.25) is 4.79 Å². The maximum absolute atomic E-state index is 10.4.